The van der Waals surface area contributed by atoms with Crippen LogP contribution in [-0.2, 0) is 19.2 Å². The van der Waals surface area contributed by atoms with Crippen LogP contribution in [0.2, 0.25) is 0 Å². The molecule has 5 N–H and O–H groups in total. The van der Waals surface area contributed by atoms with Gasteiger partial charge in [-0.25, -0.2) is 8.57 Å². The van der Waals surface area contributed by atoms with Crippen LogP contribution in [0.15, 0.2) is 17.0 Å². The summed E-state index contributed by atoms with van der Waals surface area (Å²) in [6.07, 6.45) is 21.4. The Morgan fingerprint density at radius 3 is 1.72 bits per heavy atom. The van der Waals surface area contributed by atoms with Crippen LogP contribution in [-0.4, -0.2) is 97.8 Å². The van der Waals surface area contributed by atoms with E-state index in [1.807, 2.05) is 6.08 Å². The lowest BCUT2D eigenvalue weighted by molar-refractivity contribution is -0.243. The van der Waals surface area contributed by atoms with Crippen molar-refractivity contribution < 1.29 is 39.2 Å². The maximum Gasteiger partial charge on any atom is 0.182 e. The molecule has 0 bridgehead atoms. The summed E-state index contributed by atoms with van der Waals surface area (Å²) in [5.41, 5.74) is 0. The van der Waals surface area contributed by atoms with Crippen LogP contribution in [0.4, 0.5) is 0 Å². The summed E-state index contributed by atoms with van der Waals surface area (Å²) in [6, 6.07) is 0. The third kappa shape index (κ3) is 21.3. The van der Waals surface area contributed by atoms with E-state index in [2.05, 4.69) is 17.9 Å². The van der Waals surface area contributed by atoms with Crippen molar-refractivity contribution in [3.05, 3.63) is 12.7 Å². The molecule has 1 fully saturated rings. The van der Waals surface area contributed by atoms with Crippen molar-refractivity contribution in [3.63, 3.8) is 0 Å². The standard InChI is InChI=1S/C37H73NO8S/c1-4-6-8-10-12-14-16-17-18-19-21-23-25-27-31(40)37(45-30-33-35(42)36(43)34(41)32(29-39)46-33)38-47(3,44)28-26-24-22-20-15-13-11-9-7-5-2/h5,31-37,39-43H,2,4,6-30H2,1,3H3/t31-,32?,33?,34?,35?,36?,37+,47?/m1/s1. The number of aliphatic hydroxyl groups is 5. The van der Waals surface area contributed by atoms with Gasteiger partial charge in [-0.05, 0) is 25.7 Å². The Morgan fingerprint density at radius 1 is 0.745 bits per heavy atom. The Morgan fingerprint density at radius 2 is 1.21 bits per heavy atom. The summed E-state index contributed by atoms with van der Waals surface area (Å²) >= 11 is 0. The van der Waals surface area contributed by atoms with Crippen LogP contribution >= 0.6 is 0 Å². The Kier molecular flexibility index (Phi) is 26.6. The molecule has 9 nitrogen and oxygen atoms in total. The van der Waals surface area contributed by atoms with Crippen molar-refractivity contribution in [2.45, 2.75) is 197 Å². The van der Waals surface area contributed by atoms with E-state index in [4.69, 9.17) is 9.47 Å². The number of ether oxygens (including phenoxy) is 2. The molecule has 0 radical (unpaired) electrons. The predicted octanol–water partition coefficient (Wildman–Crippen LogP) is 6.81. The zero-order valence-electron chi connectivity index (χ0n) is 30.0. The summed E-state index contributed by atoms with van der Waals surface area (Å²) in [5, 5.41) is 51.3. The summed E-state index contributed by atoms with van der Waals surface area (Å²) in [6.45, 7) is 5.24. The number of unbranched alkanes of at least 4 members (excludes halogenated alkanes) is 20. The third-order valence-corrected chi connectivity index (χ3v) is 11.1. The highest BCUT2D eigenvalue weighted by molar-refractivity contribution is 7.92. The monoisotopic (exact) mass is 692 g/mol. The quantitative estimate of drug-likeness (QED) is 0.0393. The van der Waals surface area contributed by atoms with Gasteiger partial charge in [0, 0.05) is 21.7 Å². The second kappa shape index (κ2) is 28.1. The molecule has 0 spiro atoms. The maximum absolute atomic E-state index is 13.5. The van der Waals surface area contributed by atoms with Crippen LogP contribution in [0.1, 0.15) is 155 Å². The largest absolute Gasteiger partial charge is 0.394 e. The first-order valence-corrected chi connectivity index (χ1v) is 21.2. The van der Waals surface area contributed by atoms with E-state index in [1.54, 1.807) is 6.26 Å². The first kappa shape index (κ1) is 44.4. The zero-order valence-corrected chi connectivity index (χ0v) is 30.8. The molecule has 1 rings (SSSR count). The highest BCUT2D eigenvalue weighted by atomic mass is 32.2. The van der Waals surface area contributed by atoms with E-state index in [0.29, 0.717) is 12.2 Å². The van der Waals surface area contributed by atoms with E-state index in [-0.39, 0.29) is 6.61 Å². The fourth-order valence-corrected chi connectivity index (χ4v) is 7.71. The Balaban J connectivity index is 2.56. The fraction of sp³-hybridized carbons (Fsp3) is 0.946. The van der Waals surface area contributed by atoms with Crippen LogP contribution < -0.4 is 0 Å². The van der Waals surface area contributed by atoms with Gasteiger partial charge in [0.15, 0.2) is 6.23 Å². The minimum atomic E-state index is -2.64. The van der Waals surface area contributed by atoms with Gasteiger partial charge in [0.1, 0.15) is 36.6 Å². The number of hydrogen-bond donors (Lipinski definition) is 5. The van der Waals surface area contributed by atoms with E-state index >= 15 is 0 Å². The van der Waals surface area contributed by atoms with E-state index < -0.39 is 59.2 Å². The lowest BCUT2D eigenvalue weighted by atomic mass is 9.95. The molecule has 47 heavy (non-hydrogen) atoms. The Hall–Kier alpha value is -0.590. The Labute approximate surface area is 288 Å². The number of nitrogens with zero attached hydrogens (tertiary/aromatic N) is 1. The van der Waals surface area contributed by atoms with Crippen LogP contribution in [0, 0.1) is 0 Å². The van der Waals surface area contributed by atoms with Crippen molar-refractivity contribution >= 4 is 9.73 Å². The van der Waals surface area contributed by atoms with Gasteiger partial charge in [0.25, 0.3) is 0 Å². The zero-order chi connectivity index (χ0) is 34.8. The molecule has 280 valence electrons. The molecule has 6 unspecified atom stereocenters. The van der Waals surface area contributed by atoms with Gasteiger partial charge in [0.2, 0.25) is 0 Å². The molecular formula is C37H73NO8S. The molecular weight excluding hydrogens is 618 g/mol. The van der Waals surface area contributed by atoms with E-state index in [9.17, 15) is 29.7 Å². The van der Waals surface area contributed by atoms with Crippen molar-refractivity contribution in [1.29, 1.82) is 0 Å². The lowest BCUT2D eigenvalue weighted by Gasteiger charge is -2.40. The summed E-state index contributed by atoms with van der Waals surface area (Å²) in [5.74, 6) is 0.414. The molecule has 0 aromatic carbocycles. The normalized spacial score (nSPS) is 24.1. The molecule has 1 aliphatic heterocycles. The molecule has 0 saturated carbocycles. The molecule has 0 aliphatic carbocycles. The number of aliphatic hydroxyl groups excluding tert-OH is 5. The average Bonchev–Trinajstić information content (AvgIpc) is 3.05. The van der Waals surface area contributed by atoms with Crippen molar-refractivity contribution in [3.8, 4) is 0 Å². The van der Waals surface area contributed by atoms with Crippen molar-refractivity contribution in [2.75, 3.05) is 25.2 Å². The fourth-order valence-electron chi connectivity index (χ4n) is 6.23. The second-order valence-corrected chi connectivity index (χ2v) is 16.4. The van der Waals surface area contributed by atoms with Crippen molar-refractivity contribution in [1.82, 2.24) is 0 Å². The molecule has 1 aliphatic rings. The topological polar surface area (TPSA) is 149 Å². The van der Waals surface area contributed by atoms with Gasteiger partial charge in [-0.15, -0.1) is 6.58 Å². The van der Waals surface area contributed by atoms with Crippen molar-refractivity contribution in [2.24, 2.45) is 4.36 Å². The molecule has 8 atom stereocenters. The average molecular weight is 692 g/mol. The number of rotatable bonds is 31. The Bertz CT molecular complexity index is 865. The summed E-state index contributed by atoms with van der Waals surface area (Å²) < 4.78 is 29.5. The van der Waals surface area contributed by atoms with Gasteiger partial charge in [0.05, 0.1) is 13.2 Å². The molecule has 10 heteroatoms. The molecule has 0 amide bonds. The SMILES string of the molecule is C=CCCCCCCCCCCS(C)(=O)=N[C@@H](OCC1OC(CO)C(O)C(O)C1O)[C@H](O)CCCCCCCCCCCCCCC. The van der Waals surface area contributed by atoms with Gasteiger partial charge in [-0.3, -0.25) is 0 Å². The van der Waals surface area contributed by atoms with E-state index in [1.165, 1.54) is 96.3 Å². The molecule has 1 heterocycles. The third-order valence-electron chi connectivity index (χ3n) is 9.36. The first-order chi connectivity index (χ1) is 22.7. The number of allylic oxidation sites excluding steroid dienone is 1. The van der Waals surface area contributed by atoms with Crippen LogP contribution in [0.25, 0.3) is 0 Å². The van der Waals surface area contributed by atoms with Gasteiger partial charge >= 0.3 is 0 Å². The second-order valence-electron chi connectivity index (χ2n) is 13.9. The van der Waals surface area contributed by atoms with Crippen LogP contribution in [0.5, 0.6) is 0 Å². The van der Waals surface area contributed by atoms with Gasteiger partial charge in [-0.1, -0.05) is 135 Å². The van der Waals surface area contributed by atoms with E-state index in [0.717, 1.165) is 44.9 Å². The number of hydrogen-bond acceptors (Lipinski definition) is 9. The highest BCUT2D eigenvalue weighted by Gasteiger charge is 2.43. The summed E-state index contributed by atoms with van der Waals surface area (Å²) in [4.78, 5) is 0. The van der Waals surface area contributed by atoms with Crippen LogP contribution in [0.3, 0.4) is 0 Å². The first-order valence-electron chi connectivity index (χ1n) is 19.1. The predicted molar refractivity (Wildman–Crippen MR) is 193 cm³/mol. The molecule has 0 aromatic heterocycles. The highest BCUT2D eigenvalue weighted by Crippen LogP contribution is 2.23. The van der Waals surface area contributed by atoms with Gasteiger partial charge < -0.3 is 35.0 Å². The molecule has 1 saturated heterocycles. The summed E-state index contributed by atoms with van der Waals surface area (Å²) in [7, 11) is -2.64. The minimum absolute atomic E-state index is 0.242. The molecule has 0 aromatic rings. The lowest BCUT2D eigenvalue weighted by Crippen LogP contribution is -2.59. The maximum atomic E-state index is 13.5. The van der Waals surface area contributed by atoms with Gasteiger partial charge in [-0.2, -0.15) is 0 Å². The smallest absolute Gasteiger partial charge is 0.182 e. The minimum Gasteiger partial charge on any atom is -0.394 e.